The molecular weight excluding hydrogens is 374 g/mol. The molecule has 0 unspecified atom stereocenters. The number of carbonyl (C=O) groups excluding carboxylic acids is 1. The van der Waals surface area contributed by atoms with Gasteiger partial charge in [0.2, 0.25) is 0 Å². The minimum Gasteiger partial charge on any atom is -0.491 e. The number of benzene rings is 3. The molecule has 0 saturated heterocycles. The van der Waals surface area contributed by atoms with Crippen molar-refractivity contribution < 1.29 is 14.6 Å². The molecule has 3 aromatic carbocycles. The van der Waals surface area contributed by atoms with Gasteiger partial charge in [0.1, 0.15) is 18.5 Å². The zero-order chi connectivity index (χ0) is 19.8. The molecule has 28 heavy (non-hydrogen) atoms. The van der Waals surface area contributed by atoms with Crippen LogP contribution in [0.4, 0.5) is 0 Å². The Hall–Kier alpha value is -2.66. The van der Waals surface area contributed by atoms with Crippen LogP contribution in [0.25, 0.3) is 0 Å². The van der Waals surface area contributed by atoms with Gasteiger partial charge in [-0.25, -0.2) is 0 Å². The van der Waals surface area contributed by atoms with Crippen LogP contribution in [0.3, 0.4) is 0 Å². The Balaban J connectivity index is 1.43. The average molecular weight is 396 g/mol. The number of nitrogens with one attached hydrogen (secondary N) is 1. The molecule has 5 heteroatoms. The van der Waals surface area contributed by atoms with Crippen LogP contribution in [0.5, 0.6) is 5.75 Å². The van der Waals surface area contributed by atoms with Crippen LogP contribution in [0, 0.1) is 0 Å². The Bertz CT molecular complexity index is 897. The molecular formula is C23H22ClNO3. The van der Waals surface area contributed by atoms with Crippen molar-refractivity contribution in [1.82, 2.24) is 5.32 Å². The number of hydrogen-bond donors (Lipinski definition) is 2. The largest absolute Gasteiger partial charge is 0.491 e. The van der Waals surface area contributed by atoms with Gasteiger partial charge in [-0.2, -0.15) is 0 Å². The van der Waals surface area contributed by atoms with Crippen LogP contribution in [0.15, 0.2) is 78.9 Å². The molecule has 0 radical (unpaired) electrons. The van der Waals surface area contributed by atoms with E-state index in [1.165, 1.54) is 0 Å². The first kappa shape index (κ1) is 20.1. The van der Waals surface area contributed by atoms with Crippen molar-refractivity contribution in [3.8, 4) is 5.75 Å². The highest BCUT2D eigenvalue weighted by Gasteiger charge is 2.09. The molecule has 0 aromatic heterocycles. The molecule has 0 bridgehead atoms. The highest BCUT2D eigenvalue weighted by Crippen LogP contribution is 2.16. The molecule has 0 aliphatic heterocycles. The van der Waals surface area contributed by atoms with Crippen molar-refractivity contribution in [2.75, 3.05) is 13.2 Å². The molecule has 1 atom stereocenters. The first-order valence-corrected chi connectivity index (χ1v) is 9.45. The summed E-state index contributed by atoms with van der Waals surface area (Å²) in [5.74, 6) is 0.580. The molecule has 0 saturated carbocycles. The van der Waals surface area contributed by atoms with Gasteiger partial charge in [-0.05, 0) is 42.0 Å². The number of halogens is 1. The van der Waals surface area contributed by atoms with Crippen molar-refractivity contribution in [3.05, 3.63) is 101 Å². The van der Waals surface area contributed by atoms with E-state index in [1.54, 1.807) is 36.4 Å². The van der Waals surface area contributed by atoms with Crippen molar-refractivity contribution in [2.24, 2.45) is 0 Å². The summed E-state index contributed by atoms with van der Waals surface area (Å²) in [5.41, 5.74) is 2.30. The zero-order valence-corrected chi connectivity index (χ0v) is 16.1. The first-order chi connectivity index (χ1) is 13.6. The molecule has 3 rings (SSSR count). The second-order valence-electron chi connectivity index (χ2n) is 6.45. The monoisotopic (exact) mass is 395 g/mol. The summed E-state index contributed by atoms with van der Waals surface area (Å²) in [7, 11) is 0. The van der Waals surface area contributed by atoms with Gasteiger partial charge >= 0.3 is 0 Å². The van der Waals surface area contributed by atoms with Crippen LogP contribution in [-0.2, 0) is 6.54 Å². The predicted octanol–water partition coefficient (Wildman–Crippen LogP) is 4.10. The minimum atomic E-state index is -0.648. The van der Waals surface area contributed by atoms with E-state index in [2.05, 4.69) is 5.32 Å². The lowest BCUT2D eigenvalue weighted by molar-refractivity contribution is 0.103. The van der Waals surface area contributed by atoms with Gasteiger partial charge in [0, 0.05) is 29.2 Å². The number of ketones is 1. The van der Waals surface area contributed by atoms with Crippen LogP contribution in [-0.4, -0.2) is 30.1 Å². The lowest BCUT2D eigenvalue weighted by atomic mass is 10.0. The van der Waals surface area contributed by atoms with Gasteiger partial charge in [-0.3, -0.25) is 4.79 Å². The maximum Gasteiger partial charge on any atom is 0.193 e. The minimum absolute atomic E-state index is 0.0302. The van der Waals surface area contributed by atoms with Crippen molar-refractivity contribution >= 4 is 17.4 Å². The van der Waals surface area contributed by atoms with E-state index in [-0.39, 0.29) is 12.4 Å². The summed E-state index contributed by atoms with van der Waals surface area (Å²) >= 11 is 5.95. The molecule has 3 aromatic rings. The molecule has 0 spiro atoms. The standard InChI is InChI=1S/C23H22ClNO3/c24-20-8-4-5-17(13-20)14-25-15-21(26)16-28-22-11-9-19(10-12-22)23(27)18-6-2-1-3-7-18/h1-13,21,25-26H,14-16H2/t21-/m0/s1. The van der Waals surface area contributed by atoms with E-state index < -0.39 is 6.10 Å². The average Bonchev–Trinajstić information content (AvgIpc) is 2.73. The van der Waals surface area contributed by atoms with Crippen molar-refractivity contribution in [2.45, 2.75) is 12.6 Å². The Morgan fingerprint density at radius 3 is 2.39 bits per heavy atom. The lowest BCUT2D eigenvalue weighted by Gasteiger charge is -2.13. The van der Waals surface area contributed by atoms with E-state index in [0.717, 1.165) is 5.56 Å². The van der Waals surface area contributed by atoms with Crippen LogP contribution >= 0.6 is 11.6 Å². The summed E-state index contributed by atoms with van der Waals surface area (Å²) < 4.78 is 5.61. The Kier molecular flexibility index (Phi) is 7.20. The highest BCUT2D eigenvalue weighted by molar-refractivity contribution is 6.30. The Morgan fingerprint density at radius 1 is 0.964 bits per heavy atom. The van der Waals surface area contributed by atoms with E-state index >= 15 is 0 Å². The topological polar surface area (TPSA) is 58.6 Å². The maximum atomic E-state index is 12.4. The van der Waals surface area contributed by atoms with Gasteiger partial charge < -0.3 is 15.2 Å². The van der Waals surface area contributed by atoms with Crippen LogP contribution in [0.2, 0.25) is 5.02 Å². The normalized spacial score (nSPS) is 11.8. The fourth-order valence-corrected chi connectivity index (χ4v) is 2.95. The van der Waals surface area contributed by atoms with E-state index in [1.807, 2.05) is 42.5 Å². The van der Waals surface area contributed by atoms with Gasteiger partial charge in [0.25, 0.3) is 0 Å². The Morgan fingerprint density at radius 2 is 1.68 bits per heavy atom. The van der Waals surface area contributed by atoms with Crippen LogP contribution < -0.4 is 10.1 Å². The molecule has 144 valence electrons. The highest BCUT2D eigenvalue weighted by atomic mass is 35.5. The molecule has 4 nitrogen and oxygen atoms in total. The molecule has 0 heterocycles. The van der Waals surface area contributed by atoms with E-state index in [0.29, 0.717) is 35.0 Å². The third-order valence-corrected chi connectivity index (χ3v) is 4.43. The second-order valence-corrected chi connectivity index (χ2v) is 6.88. The lowest BCUT2D eigenvalue weighted by Crippen LogP contribution is -2.31. The van der Waals surface area contributed by atoms with Crippen molar-refractivity contribution in [1.29, 1.82) is 0 Å². The molecule has 0 aliphatic carbocycles. The zero-order valence-electron chi connectivity index (χ0n) is 15.3. The van der Waals surface area contributed by atoms with Crippen molar-refractivity contribution in [3.63, 3.8) is 0 Å². The summed E-state index contributed by atoms with van der Waals surface area (Å²) in [6.07, 6.45) is -0.648. The number of ether oxygens (including phenoxy) is 1. The first-order valence-electron chi connectivity index (χ1n) is 9.07. The van der Waals surface area contributed by atoms with E-state index in [9.17, 15) is 9.90 Å². The summed E-state index contributed by atoms with van der Waals surface area (Å²) in [6.45, 7) is 1.18. The number of aliphatic hydroxyl groups excluding tert-OH is 1. The molecule has 0 amide bonds. The third-order valence-electron chi connectivity index (χ3n) is 4.19. The molecule has 0 fully saturated rings. The quantitative estimate of drug-likeness (QED) is 0.535. The van der Waals surface area contributed by atoms with Gasteiger partial charge in [0.05, 0.1) is 0 Å². The number of aliphatic hydroxyl groups is 1. The molecule has 0 aliphatic rings. The van der Waals surface area contributed by atoms with Gasteiger partial charge in [0.15, 0.2) is 5.78 Å². The fraction of sp³-hybridized carbons (Fsp3) is 0.174. The van der Waals surface area contributed by atoms with Gasteiger partial charge in [-0.15, -0.1) is 0 Å². The van der Waals surface area contributed by atoms with Crippen LogP contribution in [0.1, 0.15) is 21.5 Å². The third kappa shape index (κ3) is 5.92. The molecule has 2 N–H and O–H groups in total. The predicted molar refractivity (Wildman–Crippen MR) is 111 cm³/mol. The SMILES string of the molecule is O=C(c1ccccc1)c1ccc(OC[C@@H](O)CNCc2cccc(Cl)c2)cc1. The second kappa shape index (κ2) is 10.0. The number of carbonyl (C=O) groups is 1. The fourth-order valence-electron chi connectivity index (χ4n) is 2.74. The smallest absolute Gasteiger partial charge is 0.193 e. The summed E-state index contributed by atoms with van der Waals surface area (Å²) in [6, 6.07) is 23.7. The number of hydrogen-bond acceptors (Lipinski definition) is 4. The Labute approximate surface area is 169 Å². The summed E-state index contributed by atoms with van der Waals surface area (Å²) in [5, 5.41) is 13.9. The maximum absolute atomic E-state index is 12.4. The number of rotatable bonds is 9. The summed E-state index contributed by atoms with van der Waals surface area (Å²) in [4.78, 5) is 12.4. The van der Waals surface area contributed by atoms with Gasteiger partial charge in [-0.1, -0.05) is 54.1 Å². The van der Waals surface area contributed by atoms with E-state index in [4.69, 9.17) is 16.3 Å².